The van der Waals surface area contributed by atoms with Crippen LogP contribution in [-0.2, 0) is 4.79 Å². The van der Waals surface area contributed by atoms with E-state index in [1.165, 1.54) is 33.1 Å². The lowest BCUT2D eigenvalue weighted by atomic mass is 10.2. The number of aromatic nitrogens is 2. The van der Waals surface area contributed by atoms with Gasteiger partial charge in [0.1, 0.15) is 23.0 Å². The highest BCUT2D eigenvalue weighted by atomic mass is 32.2. The first-order chi connectivity index (χ1) is 16.0. The molecular formula is C21H22N4O6S2. The third-order valence-electron chi connectivity index (χ3n) is 4.29. The zero-order chi connectivity index (χ0) is 23.8. The highest BCUT2D eigenvalue weighted by molar-refractivity contribution is 8.01. The minimum Gasteiger partial charge on any atom is -0.497 e. The summed E-state index contributed by atoms with van der Waals surface area (Å²) in [7, 11) is 6.06. The second kappa shape index (κ2) is 11.4. The zero-order valence-corrected chi connectivity index (χ0v) is 20.0. The van der Waals surface area contributed by atoms with Crippen LogP contribution in [0.3, 0.4) is 0 Å². The molecule has 0 atom stereocenters. The number of rotatable bonds is 10. The van der Waals surface area contributed by atoms with E-state index in [-0.39, 0.29) is 11.7 Å². The predicted molar refractivity (Wildman–Crippen MR) is 126 cm³/mol. The normalized spacial score (nSPS) is 10.3. The average Bonchev–Trinajstić information content (AvgIpc) is 3.29. The average molecular weight is 491 g/mol. The van der Waals surface area contributed by atoms with Crippen molar-refractivity contribution in [2.45, 2.75) is 4.34 Å². The molecule has 33 heavy (non-hydrogen) atoms. The molecule has 3 aromatic rings. The first kappa shape index (κ1) is 24.1. The summed E-state index contributed by atoms with van der Waals surface area (Å²) in [6, 6.07) is 10.00. The molecule has 1 heterocycles. The van der Waals surface area contributed by atoms with Gasteiger partial charge < -0.3 is 24.3 Å². The predicted octanol–water partition coefficient (Wildman–Crippen LogP) is 3.56. The Hall–Kier alpha value is -3.51. The van der Waals surface area contributed by atoms with Crippen LogP contribution in [0.1, 0.15) is 10.4 Å². The van der Waals surface area contributed by atoms with Crippen molar-refractivity contribution in [3.63, 3.8) is 0 Å². The minimum atomic E-state index is -0.398. The fourth-order valence-electron chi connectivity index (χ4n) is 2.69. The number of carbonyl (C=O) groups excluding carboxylic acids is 2. The maximum Gasteiger partial charge on any atom is 0.261 e. The number of ether oxygens (including phenoxy) is 4. The van der Waals surface area contributed by atoms with Gasteiger partial charge in [0, 0.05) is 12.1 Å². The van der Waals surface area contributed by atoms with Crippen molar-refractivity contribution in [3.05, 3.63) is 42.0 Å². The molecule has 0 radical (unpaired) electrons. The fraction of sp³-hybridized carbons (Fsp3) is 0.238. The minimum absolute atomic E-state index is 0.0925. The molecule has 0 fully saturated rings. The summed E-state index contributed by atoms with van der Waals surface area (Å²) < 4.78 is 21.4. The topological polar surface area (TPSA) is 121 Å². The van der Waals surface area contributed by atoms with Crippen LogP contribution < -0.4 is 29.6 Å². The number of thioether (sulfide) groups is 1. The van der Waals surface area contributed by atoms with E-state index >= 15 is 0 Å². The van der Waals surface area contributed by atoms with Crippen LogP contribution in [0.5, 0.6) is 23.0 Å². The Morgan fingerprint density at radius 3 is 2.27 bits per heavy atom. The van der Waals surface area contributed by atoms with Gasteiger partial charge in [0.25, 0.3) is 5.91 Å². The van der Waals surface area contributed by atoms with Gasteiger partial charge in [-0.2, -0.15) is 0 Å². The molecule has 2 aromatic carbocycles. The molecular weight excluding hydrogens is 468 g/mol. The number of carbonyl (C=O) groups is 2. The van der Waals surface area contributed by atoms with Gasteiger partial charge in [0.2, 0.25) is 11.0 Å². The van der Waals surface area contributed by atoms with Crippen LogP contribution in [0.4, 0.5) is 10.8 Å². The van der Waals surface area contributed by atoms with Gasteiger partial charge >= 0.3 is 0 Å². The first-order valence-corrected chi connectivity index (χ1v) is 11.3. The van der Waals surface area contributed by atoms with Gasteiger partial charge in [-0.05, 0) is 24.3 Å². The van der Waals surface area contributed by atoms with E-state index in [9.17, 15) is 9.59 Å². The maximum atomic E-state index is 12.6. The molecule has 0 saturated carbocycles. The number of amides is 2. The fourth-order valence-corrected chi connectivity index (χ4v) is 4.24. The second-order valence-electron chi connectivity index (χ2n) is 6.30. The number of benzene rings is 2. The molecule has 1 aromatic heterocycles. The maximum absolute atomic E-state index is 12.6. The molecule has 0 aliphatic heterocycles. The Balaban J connectivity index is 1.58. The van der Waals surface area contributed by atoms with E-state index in [1.807, 2.05) is 0 Å². The van der Waals surface area contributed by atoms with Crippen LogP contribution in [0.25, 0.3) is 0 Å². The largest absolute Gasteiger partial charge is 0.497 e. The molecule has 174 valence electrons. The molecule has 2 N–H and O–H groups in total. The summed E-state index contributed by atoms with van der Waals surface area (Å²) in [6.45, 7) is 0. The van der Waals surface area contributed by atoms with E-state index in [4.69, 9.17) is 18.9 Å². The molecule has 0 aliphatic rings. The van der Waals surface area contributed by atoms with E-state index in [0.717, 1.165) is 11.3 Å². The van der Waals surface area contributed by atoms with Crippen molar-refractivity contribution in [2.24, 2.45) is 0 Å². The molecule has 2 amide bonds. The van der Waals surface area contributed by atoms with Crippen molar-refractivity contribution in [3.8, 4) is 23.0 Å². The Morgan fingerprint density at radius 2 is 1.58 bits per heavy atom. The Labute approximate surface area is 198 Å². The number of hydrogen-bond acceptors (Lipinski definition) is 10. The highest BCUT2D eigenvalue weighted by Crippen LogP contribution is 2.31. The molecule has 0 unspecified atom stereocenters. The van der Waals surface area contributed by atoms with Crippen LogP contribution in [0.2, 0.25) is 0 Å². The smallest absolute Gasteiger partial charge is 0.261 e. The summed E-state index contributed by atoms with van der Waals surface area (Å²) >= 11 is 2.35. The van der Waals surface area contributed by atoms with Gasteiger partial charge in [0.15, 0.2) is 4.34 Å². The quantitative estimate of drug-likeness (QED) is 0.325. The van der Waals surface area contributed by atoms with Crippen molar-refractivity contribution >= 4 is 45.7 Å². The number of nitrogens with one attached hydrogen (secondary N) is 2. The lowest BCUT2D eigenvalue weighted by Crippen LogP contribution is -2.14. The molecule has 0 aliphatic carbocycles. The molecule has 0 bridgehead atoms. The number of nitrogens with zero attached hydrogens (tertiary/aromatic N) is 2. The third kappa shape index (κ3) is 6.26. The van der Waals surface area contributed by atoms with E-state index in [0.29, 0.717) is 43.7 Å². The highest BCUT2D eigenvalue weighted by Gasteiger charge is 2.17. The molecule has 12 heteroatoms. The van der Waals surface area contributed by atoms with E-state index < -0.39 is 5.91 Å². The molecule has 10 nitrogen and oxygen atoms in total. The third-order valence-corrected chi connectivity index (χ3v) is 6.26. The van der Waals surface area contributed by atoms with Crippen LogP contribution in [0, 0.1) is 0 Å². The Kier molecular flexibility index (Phi) is 8.33. The van der Waals surface area contributed by atoms with Gasteiger partial charge in [-0.15, -0.1) is 10.2 Å². The SMILES string of the molecule is COc1ccc(OC)c(NC(=O)CSc2nnc(NC(=O)c3ccc(OC)cc3OC)s2)c1. The van der Waals surface area contributed by atoms with Crippen LogP contribution in [-0.4, -0.2) is 56.2 Å². The van der Waals surface area contributed by atoms with Gasteiger partial charge in [0.05, 0.1) is 45.4 Å². The summed E-state index contributed by atoms with van der Waals surface area (Å²) in [5, 5.41) is 13.8. The van der Waals surface area contributed by atoms with Crippen LogP contribution >= 0.6 is 23.1 Å². The first-order valence-electron chi connectivity index (χ1n) is 9.49. The summed E-state index contributed by atoms with van der Waals surface area (Å²) in [5.41, 5.74) is 0.829. The Bertz CT molecular complexity index is 1140. The lowest BCUT2D eigenvalue weighted by molar-refractivity contribution is -0.113. The van der Waals surface area contributed by atoms with Crippen LogP contribution in [0.15, 0.2) is 40.7 Å². The second-order valence-corrected chi connectivity index (χ2v) is 8.50. The van der Waals surface area contributed by atoms with Gasteiger partial charge in [-0.1, -0.05) is 23.1 Å². The van der Waals surface area contributed by atoms with Crippen molar-refractivity contribution in [2.75, 3.05) is 44.8 Å². The van der Waals surface area contributed by atoms with Crippen molar-refractivity contribution < 1.29 is 28.5 Å². The standard InChI is InChI=1S/C21H22N4O6S2/c1-28-12-6-8-16(30-3)15(9-12)22-18(26)11-32-21-25-24-20(33-21)23-19(27)14-7-5-13(29-2)10-17(14)31-4/h5-10H,11H2,1-4H3,(H,22,26)(H,23,24,27). The molecule has 3 rings (SSSR count). The molecule has 0 saturated heterocycles. The van der Waals surface area contributed by atoms with Crippen molar-refractivity contribution in [1.82, 2.24) is 10.2 Å². The number of anilines is 2. The van der Waals surface area contributed by atoms with E-state index in [1.54, 1.807) is 43.5 Å². The monoisotopic (exact) mass is 490 g/mol. The Morgan fingerprint density at radius 1 is 0.879 bits per heavy atom. The van der Waals surface area contributed by atoms with E-state index in [2.05, 4.69) is 20.8 Å². The van der Waals surface area contributed by atoms with Gasteiger partial charge in [-0.3, -0.25) is 14.9 Å². The molecule has 0 spiro atoms. The van der Waals surface area contributed by atoms with Gasteiger partial charge in [-0.25, -0.2) is 0 Å². The summed E-state index contributed by atoms with van der Waals surface area (Å²) in [6.07, 6.45) is 0. The number of hydrogen-bond donors (Lipinski definition) is 2. The lowest BCUT2D eigenvalue weighted by Gasteiger charge is -2.11. The summed E-state index contributed by atoms with van der Waals surface area (Å²) in [5.74, 6) is 1.49. The number of methoxy groups -OCH3 is 4. The van der Waals surface area contributed by atoms with Crippen molar-refractivity contribution in [1.29, 1.82) is 0 Å². The zero-order valence-electron chi connectivity index (χ0n) is 18.3. The summed E-state index contributed by atoms with van der Waals surface area (Å²) in [4.78, 5) is 25.0.